The lowest BCUT2D eigenvalue weighted by Crippen LogP contribution is -2.19. The number of ether oxygens (including phenoxy) is 3. The number of carbonyl (C=O) groups is 1. The molecule has 2 aromatic rings. The van der Waals surface area contributed by atoms with Crippen LogP contribution in [0.5, 0.6) is 17.2 Å². The molecule has 124 valence electrons. The Kier molecular flexibility index (Phi) is 5.27. The number of nitriles is 1. The lowest BCUT2D eigenvalue weighted by atomic mass is 9.96. The van der Waals surface area contributed by atoms with E-state index in [0.717, 1.165) is 11.1 Å². The second kappa shape index (κ2) is 7.38. The second-order valence-corrected chi connectivity index (χ2v) is 5.00. The first-order chi connectivity index (χ1) is 11.6. The van der Waals surface area contributed by atoms with Gasteiger partial charge in [0.25, 0.3) is 5.91 Å². The molecule has 0 bridgehead atoms. The van der Waals surface area contributed by atoms with Gasteiger partial charge in [0.2, 0.25) is 5.75 Å². The number of hydrogen-bond acceptors (Lipinski definition) is 5. The molecule has 0 aromatic heterocycles. The van der Waals surface area contributed by atoms with E-state index in [0.29, 0.717) is 22.8 Å². The van der Waals surface area contributed by atoms with Gasteiger partial charge in [-0.05, 0) is 18.6 Å². The smallest absolute Gasteiger partial charge is 0.265 e. The third-order valence-corrected chi connectivity index (χ3v) is 3.58. The van der Waals surface area contributed by atoms with Crippen LogP contribution in [-0.2, 0) is 0 Å². The van der Waals surface area contributed by atoms with Crippen molar-refractivity contribution in [3.63, 3.8) is 0 Å². The number of nitrogens with zero attached hydrogens (tertiary/aromatic N) is 1. The maximum atomic E-state index is 12.4. The molecule has 0 atom stereocenters. The highest BCUT2D eigenvalue weighted by Gasteiger charge is 2.25. The highest BCUT2D eigenvalue weighted by atomic mass is 16.5. The van der Waals surface area contributed by atoms with Crippen LogP contribution in [0.3, 0.4) is 0 Å². The van der Waals surface area contributed by atoms with E-state index in [-0.39, 0.29) is 5.56 Å². The van der Waals surface area contributed by atoms with Gasteiger partial charge >= 0.3 is 0 Å². The van der Waals surface area contributed by atoms with Crippen LogP contribution in [0, 0.1) is 18.4 Å². The Hall–Kier alpha value is -3.20. The summed E-state index contributed by atoms with van der Waals surface area (Å²) >= 11 is 0. The number of nitrogens with one attached hydrogen (secondary N) is 1. The minimum absolute atomic E-state index is 0.259. The highest BCUT2D eigenvalue weighted by molar-refractivity contribution is 6.04. The molecule has 0 aliphatic heterocycles. The lowest BCUT2D eigenvalue weighted by molar-refractivity contribution is 0.0972. The largest absolute Gasteiger partial charge is 0.493 e. The van der Waals surface area contributed by atoms with E-state index < -0.39 is 5.91 Å². The quantitative estimate of drug-likeness (QED) is 0.675. The molecule has 2 aromatic carbocycles. The van der Waals surface area contributed by atoms with Crippen LogP contribution in [0.15, 0.2) is 30.3 Å². The summed E-state index contributed by atoms with van der Waals surface area (Å²) in [5.41, 5.74) is 2.64. The van der Waals surface area contributed by atoms with Crippen molar-refractivity contribution in [3.8, 4) is 34.6 Å². The van der Waals surface area contributed by atoms with E-state index in [9.17, 15) is 4.79 Å². The Balaban J connectivity index is 2.83. The van der Waals surface area contributed by atoms with Gasteiger partial charge in [0, 0.05) is 5.56 Å². The van der Waals surface area contributed by atoms with Gasteiger partial charge < -0.3 is 14.2 Å². The Morgan fingerprint density at radius 3 is 2.17 bits per heavy atom. The number of amides is 1. The molecular weight excluding hydrogens is 308 g/mol. The van der Waals surface area contributed by atoms with Gasteiger partial charge in [-0.2, -0.15) is 5.26 Å². The molecule has 0 fully saturated rings. The molecule has 0 heterocycles. The Bertz CT molecular complexity index is 792. The van der Waals surface area contributed by atoms with E-state index in [1.54, 1.807) is 6.19 Å². The molecular formula is C18H18N2O4. The zero-order chi connectivity index (χ0) is 17.7. The predicted octanol–water partition coefficient (Wildman–Crippen LogP) is 2.90. The number of rotatable bonds is 5. The molecule has 1 N–H and O–H groups in total. The Morgan fingerprint density at radius 2 is 1.67 bits per heavy atom. The summed E-state index contributed by atoms with van der Waals surface area (Å²) in [6, 6.07) is 9.14. The summed E-state index contributed by atoms with van der Waals surface area (Å²) in [4.78, 5) is 12.4. The fraction of sp³-hybridized carbons (Fsp3) is 0.222. The van der Waals surface area contributed by atoms with Crippen LogP contribution in [0.25, 0.3) is 11.1 Å². The first kappa shape index (κ1) is 17.2. The monoisotopic (exact) mass is 326 g/mol. The molecule has 6 heteroatoms. The van der Waals surface area contributed by atoms with Crippen molar-refractivity contribution >= 4 is 5.91 Å². The van der Waals surface area contributed by atoms with Gasteiger partial charge in [0.1, 0.15) is 0 Å². The van der Waals surface area contributed by atoms with Crippen LogP contribution in [0.2, 0.25) is 0 Å². The molecule has 1 amide bonds. The van der Waals surface area contributed by atoms with Gasteiger partial charge in [-0.15, -0.1) is 0 Å². The van der Waals surface area contributed by atoms with Crippen molar-refractivity contribution < 1.29 is 19.0 Å². The summed E-state index contributed by atoms with van der Waals surface area (Å²) in [5.74, 6) is 0.536. The van der Waals surface area contributed by atoms with E-state index in [1.165, 1.54) is 27.4 Å². The van der Waals surface area contributed by atoms with Crippen LogP contribution in [0.4, 0.5) is 0 Å². The molecule has 0 radical (unpaired) electrons. The number of methoxy groups -OCH3 is 3. The van der Waals surface area contributed by atoms with Crippen LogP contribution in [0.1, 0.15) is 15.9 Å². The zero-order valence-electron chi connectivity index (χ0n) is 14.0. The summed E-state index contributed by atoms with van der Waals surface area (Å²) in [5, 5.41) is 10.9. The zero-order valence-corrected chi connectivity index (χ0v) is 14.0. The Labute approximate surface area is 140 Å². The van der Waals surface area contributed by atoms with Gasteiger partial charge in [0.15, 0.2) is 17.7 Å². The minimum atomic E-state index is -0.549. The molecule has 6 nitrogen and oxygen atoms in total. The molecule has 2 rings (SSSR count). The summed E-state index contributed by atoms with van der Waals surface area (Å²) in [7, 11) is 4.45. The predicted molar refractivity (Wildman–Crippen MR) is 89.4 cm³/mol. The van der Waals surface area contributed by atoms with Crippen molar-refractivity contribution in [1.82, 2.24) is 5.32 Å². The molecule has 0 saturated carbocycles. The molecule has 24 heavy (non-hydrogen) atoms. The van der Waals surface area contributed by atoms with Crippen LogP contribution >= 0.6 is 0 Å². The molecule has 0 aliphatic carbocycles. The summed E-state index contributed by atoms with van der Waals surface area (Å²) < 4.78 is 16.2. The topological polar surface area (TPSA) is 80.6 Å². The molecule has 0 unspecified atom stereocenters. The van der Waals surface area contributed by atoms with E-state index in [1.807, 2.05) is 31.2 Å². The van der Waals surface area contributed by atoms with Gasteiger partial charge in [-0.1, -0.05) is 29.8 Å². The Morgan fingerprint density at radius 1 is 1.04 bits per heavy atom. The fourth-order valence-electron chi connectivity index (χ4n) is 2.46. The van der Waals surface area contributed by atoms with Gasteiger partial charge in [-0.25, -0.2) is 0 Å². The first-order valence-corrected chi connectivity index (χ1v) is 7.16. The van der Waals surface area contributed by atoms with Gasteiger partial charge in [-0.3, -0.25) is 10.1 Å². The fourth-order valence-corrected chi connectivity index (χ4v) is 2.46. The average molecular weight is 326 g/mol. The van der Waals surface area contributed by atoms with Crippen molar-refractivity contribution in [1.29, 1.82) is 5.26 Å². The molecule has 0 aliphatic rings. The van der Waals surface area contributed by atoms with Crippen LogP contribution in [-0.4, -0.2) is 27.2 Å². The van der Waals surface area contributed by atoms with Crippen molar-refractivity contribution in [2.24, 2.45) is 0 Å². The normalized spacial score (nSPS) is 9.79. The lowest BCUT2D eigenvalue weighted by Gasteiger charge is -2.19. The molecule has 0 spiro atoms. The van der Waals surface area contributed by atoms with Crippen LogP contribution < -0.4 is 19.5 Å². The SMILES string of the molecule is COc1cc(C(=O)NC#N)c(-c2ccc(C)cc2)c(OC)c1OC. The average Bonchev–Trinajstić information content (AvgIpc) is 2.60. The maximum absolute atomic E-state index is 12.4. The van der Waals surface area contributed by atoms with Gasteiger partial charge in [0.05, 0.1) is 26.9 Å². The summed E-state index contributed by atoms with van der Waals surface area (Å²) in [6.45, 7) is 1.97. The number of aryl methyl sites for hydroxylation is 1. The maximum Gasteiger partial charge on any atom is 0.265 e. The van der Waals surface area contributed by atoms with Crippen molar-refractivity contribution in [3.05, 3.63) is 41.5 Å². The third kappa shape index (κ3) is 3.10. The van der Waals surface area contributed by atoms with E-state index in [2.05, 4.69) is 5.32 Å². The molecule has 0 saturated heterocycles. The summed E-state index contributed by atoms with van der Waals surface area (Å²) in [6.07, 6.45) is 1.64. The first-order valence-electron chi connectivity index (χ1n) is 7.16. The van der Waals surface area contributed by atoms with Crippen molar-refractivity contribution in [2.75, 3.05) is 21.3 Å². The number of benzene rings is 2. The van der Waals surface area contributed by atoms with E-state index >= 15 is 0 Å². The van der Waals surface area contributed by atoms with Crippen molar-refractivity contribution in [2.45, 2.75) is 6.92 Å². The number of hydrogen-bond donors (Lipinski definition) is 1. The third-order valence-electron chi connectivity index (χ3n) is 3.58. The standard InChI is InChI=1S/C18H18N2O4/c1-11-5-7-12(8-6-11)15-13(18(21)20-10-19)9-14(22-2)16(23-3)17(15)24-4/h5-9H,1-4H3,(H,20,21). The highest BCUT2D eigenvalue weighted by Crippen LogP contribution is 2.46. The second-order valence-electron chi connectivity index (χ2n) is 5.00. The number of carbonyl (C=O) groups excluding carboxylic acids is 1. The minimum Gasteiger partial charge on any atom is -0.493 e. The van der Waals surface area contributed by atoms with E-state index in [4.69, 9.17) is 19.5 Å².